The van der Waals surface area contributed by atoms with E-state index >= 15 is 0 Å². The summed E-state index contributed by atoms with van der Waals surface area (Å²) in [6.07, 6.45) is 0.0102. The van der Waals surface area contributed by atoms with Gasteiger partial charge in [-0.25, -0.2) is 0 Å². The summed E-state index contributed by atoms with van der Waals surface area (Å²) in [5, 5.41) is 25.6. The molecule has 1 aliphatic carbocycles. The highest BCUT2D eigenvalue weighted by Crippen LogP contribution is 2.46. The van der Waals surface area contributed by atoms with Crippen molar-refractivity contribution < 1.29 is 23.0 Å². The molecule has 0 saturated heterocycles. The SMILES string of the molecule is [NH4+].[O-]/C(=C\C=C1N=NN=N1)OC1(c2ccc(C(F)(F)F)cc2)CCC1. The van der Waals surface area contributed by atoms with E-state index in [4.69, 9.17) is 4.74 Å². The fourth-order valence-electron chi connectivity index (χ4n) is 2.50. The average molecular weight is 355 g/mol. The van der Waals surface area contributed by atoms with Gasteiger partial charge in [0, 0.05) is 5.60 Å². The molecule has 1 saturated carbocycles. The van der Waals surface area contributed by atoms with Crippen molar-refractivity contribution in [2.24, 2.45) is 20.7 Å². The first-order valence-corrected chi connectivity index (χ1v) is 7.17. The molecule has 1 heterocycles. The summed E-state index contributed by atoms with van der Waals surface area (Å²) in [5.74, 6) is -0.455. The number of ether oxygens (including phenoxy) is 1. The first kappa shape index (κ1) is 18.6. The molecule has 1 aliphatic heterocycles. The molecule has 7 nitrogen and oxygen atoms in total. The first-order valence-electron chi connectivity index (χ1n) is 7.17. The van der Waals surface area contributed by atoms with Gasteiger partial charge in [0.2, 0.25) is 0 Å². The lowest BCUT2D eigenvalue weighted by molar-refractivity contribution is -0.378. The van der Waals surface area contributed by atoms with Crippen molar-refractivity contribution in [1.82, 2.24) is 6.15 Å². The van der Waals surface area contributed by atoms with Crippen LogP contribution in [0.3, 0.4) is 0 Å². The fraction of sp³-hybridized carbons (Fsp3) is 0.333. The molecule has 0 spiro atoms. The molecular formula is C15H16F3N5O2. The summed E-state index contributed by atoms with van der Waals surface area (Å²) >= 11 is 0. The van der Waals surface area contributed by atoms with Crippen molar-refractivity contribution in [2.75, 3.05) is 0 Å². The minimum Gasteiger partial charge on any atom is -0.602 e. The Labute approximate surface area is 141 Å². The highest BCUT2D eigenvalue weighted by atomic mass is 19.4. The summed E-state index contributed by atoms with van der Waals surface area (Å²) in [4.78, 5) is 0. The molecule has 0 aromatic heterocycles. The number of hydrogen-bond donors (Lipinski definition) is 1. The van der Waals surface area contributed by atoms with Crippen molar-refractivity contribution in [2.45, 2.75) is 31.0 Å². The zero-order chi connectivity index (χ0) is 17.2. The Kier molecular flexibility index (Phi) is 5.21. The average Bonchev–Trinajstić information content (AvgIpc) is 3.01. The minimum atomic E-state index is -4.40. The highest BCUT2D eigenvalue weighted by molar-refractivity contribution is 5.31. The molecule has 2 aliphatic rings. The van der Waals surface area contributed by atoms with Crippen LogP contribution in [0.2, 0.25) is 0 Å². The largest absolute Gasteiger partial charge is 0.602 e. The van der Waals surface area contributed by atoms with E-state index in [0.717, 1.165) is 24.6 Å². The number of allylic oxidation sites excluding steroid dienone is 2. The first-order chi connectivity index (χ1) is 11.4. The third kappa shape index (κ3) is 4.02. The van der Waals surface area contributed by atoms with Crippen LogP contribution in [0.5, 0.6) is 0 Å². The molecule has 4 N–H and O–H groups in total. The van der Waals surface area contributed by atoms with E-state index in [-0.39, 0.29) is 12.0 Å². The van der Waals surface area contributed by atoms with Crippen LogP contribution in [0.25, 0.3) is 0 Å². The molecule has 10 heteroatoms. The molecule has 1 fully saturated rings. The summed E-state index contributed by atoms with van der Waals surface area (Å²) in [6.45, 7) is 0. The van der Waals surface area contributed by atoms with Gasteiger partial charge in [0.25, 0.3) is 0 Å². The van der Waals surface area contributed by atoms with E-state index in [9.17, 15) is 18.3 Å². The van der Waals surface area contributed by atoms with E-state index in [1.165, 1.54) is 18.2 Å². The number of rotatable bonds is 4. The second-order valence-corrected chi connectivity index (χ2v) is 5.41. The zero-order valence-electron chi connectivity index (χ0n) is 13.3. The molecule has 25 heavy (non-hydrogen) atoms. The van der Waals surface area contributed by atoms with Gasteiger partial charge in [-0.05, 0) is 59.6 Å². The molecule has 1 aromatic carbocycles. The van der Waals surface area contributed by atoms with Crippen molar-refractivity contribution in [3.63, 3.8) is 0 Å². The van der Waals surface area contributed by atoms with E-state index in [1.54, 1.807) is 0 Å². The summed E-state index contributed by atoms with van der Waals surface area (Å²) in [5.41, 5.74) is -1.06. The predicted molar refractivity (Wildman–Crippen MR) is 79.9 cm³/mol. The quantitative estimate of drug-likeness (QED) is 0.808. The van der Waals surface area contributed by atoms with Crippen molar-refractivity contribution in [1.29, 1.82) is 0 Å². The molecule has 0 unspecified atom stereocenters. The van der Waals surface area contributed by atoms with Gasteiger partial charge in [-0.2, -0.15) is 13.2 Å². The monoisotopic (exact) mass is 355 g/mol. The van der Waals surface area contributed by atoms with Crippen LogP contribution in [0.15, 0.2) is 68.9 Å². The Hall–Kier alpha value is -2.75. The number of benzene rings is 1. The Morgan fingerprint density at radius 1 is 1.12 bits per heavy atom. The Bertz CT molecular complexity index is 721. The summed E-state index contributed by atoms with van der Waals surface area (Å²) in [7, 11) is 0. The molecular weight excluding hydrogens is 339 g/mol. The van der Waals surface area contributed by atoms with Crippen molar-refractivity contribution in [3.8, 4) is 0 Å². The van der Waals surface area contributed by atoms with Gasteiger partial charge in [-0.15, -0.1) is 10.2 Å². The highest BCUT2D eigenvalue weighted by Gasteiger charge is 2.37. The van der Waals surface area contributed by atoms with E-state index < -0.39 is 23.3 Å². The summed E-state index contributed by atoms with van der Waals surface area (Å²) in [6, 6.07) is 4.70. The van der Waals surface area contributed by atoms with Crippen LogP contribution < -0.4 is 11.3 Å². The molecule has 0 radical (unpaired) electrons. The Morgan fingerprint density at radius 2 is 1.72 bits per heavy atom. The number of nitrogens with zero attached hydrogens (tertiary/aromatic N) is 4. The van der Waals surface area contributed by atoms with E-state index in [0.29, 0.717) is 18.4 Å². The van der Waals surface area contributed by atoms with Crippen LogP contribution in [0.4, 0.5) is 13.2 Å². The van der Waals surface area contributed by atoms with Crippen molar-refractivity contribution >= 4 is 0 Å². The number of alkyl halides is 3. The third-order valence-electron chi connectivity index (χ3n) is 3.90. The second-order valence-electron chi connectivity index (χ2n) is 5.41. The fourth-order valence-corrected chi connectivity index (χ4v) is 2.50. The topological polar surface area (TPSA) is 118 Å². The molecule has 3 rings (SSSR count). The van der Waals surface area contributed by atoms with Crippen molar-refractivity contribution in [3.05, 3.63) is 59.3 Å². The van der Waals surface area contributed by atoms with Gasteiger partial charge >= 0.3 is 6.18 Å². The van der Waals surface area contributed by atoms with E-state index in [1.807, 2.05) is 0 Å². The normalized spacial score (nSPS) is 18.5. The number of halogens is 3. The zero-order valence-corrected chi connectivity index (χ0v) is 13.3. The van der Waals surface area contributed by atoms with Gasteiger partial charge in [0.1, 0.15) is 0 Å². The van der Waals surface area contributed by atoms with Crippen LogP contribution in [0.1, 0.15) is 30.4 Å². The maximum absolute atomic E-state index is 12.6. The smallest absolute Gasteiger partial charge is 0.416 e. The van der Waals surface area contributed by atoms with E-state index in [2.05, 4.69) is 20.7 Å². The summed E-state index contributed by atoms with van der Waals surface area (Å²) < 4.78 is 43.4. The van der Waals surface area contributed by atoms with Gasteiger partial charge in [0.05, 0.1) is 11.5 Å². The van der Waals surface area contributed by atoms with Crippen LogP contribution >= 0.6 is 0 Å². The maximum atomic E-state index is 12.6. The second kappa shape index (κ2) is 7.01. The molecule has 0 bridgehead atoms. The molecule has 0 atom stereocenters. The van der Waals surface area contributed by atoms with Gasteiger partial charge in [0.15, 0.2) is 5.82 Å². The maximum Gasteiger partial charge on any atom is 0.416 e. The van der Waals surface area contributed by atoms with Crippen LogP contribution in [0, 0.1) is 0 Å². The lowest BCUT2D eigenvalue weighted by atomic mass is 9.74. The lowest BCUT2D eigenvalue weighted by Crippen LogP contribution is -2.38. The van der Waals surface area contributed by atoms with Gasteiger partial charge < -0.3 is 16.0 Å². The van der Waals surface area contributed by atoms with Gasteiger partial charge in [-0.3, -0.25) is 0 Å². The standard InChI is InChI=1S/C15H13F3N4O2.H3N/c16-15(17,18)11-4-2-10(3-5-11)14(8-1-9-14)24-13(23)7-6-12-19-21-22-20-12;/h2-7,23H,1,8-9H2;1H3/b13-7+;. The molecule has 134 valence electrons. The van der Waals surface area contributed by atoms with Crippen LogP contribution in [-0.4, -0.2) is 0 Å². The predicted octanol–water partition coefficient (Wildman–Crippen LogP) is 4.35. The lowest BCUT2D eigenvalue weighted by Gasteiger charge is -2.49. The Balaban J connectivity index is 0.00000225. The molecule has 0 amide bonds. The number of quaternary nitrogens is 1. The van der Waals surface area contributed by atoms with Gasteiger partial charge in [-0.1, -0.05) is 12.1 Å². The van der Waals surface area contributed by atoms with Crippen LogP contribution in [-0.2, 0) is 16.5 Å². The number of hydrogen-bond acceptors (Lipinski definition) is 6. The minimum absolute atomic E-state index is 0. The third-order valence-corrected chi connectivity index (χ3v) is 3.90. The molecule has 1 aromatic rings. The Morgan fingerprint density at radius 3 is 2.20 bits per heavy atom.